The number of aromatic nitrogens is 6. The van der Waals surface area contributed by atoms with Gasteiger partial charge in [-0.25, -0.2) is 14.6 Å². The number of rotatable bonds is 5. The Bertz CT molecular complexity index is 1260. The van der Waals surface area contributed by atoms with Gasteiger partial charge in [0.2, 0.25) is 0 Å². The van der Waals surface area contributed by atoms with E-state index >= 15 is 0 Å². The average molecular weight is 451 g/mol. The van der Waals surface area contributed by atoms with Crippen LogP contribution >= 0.6 is 11.3 Å². The zero-order chi connectivity index (χ0) is 22.5. The highest BCUT2D eigenvalue weighted by atomic mass is 32.1. The zero-order valence-electron chi connectivity index (χ0n) is 18.6. The first-order valence-electron chi connectivity index (χ1n) is 10.7. The van der Waals surface area contributed by atoms with Crippen LogP contribution in [0.1, 0.15) is 38.6 Å². The first-order valence-corrected chi connectivity index (χ1v) is 11.5. The number of aliphatic hydroxyl groups is 1. The predicted octanol–water partition coefficient (Wildman–Crippen LogP) is 4.22. The van der Waals surface area contributed by atoms with Crippen LogP contribution in [-0.2, 0) is 13.0 Å². The molecule has 5 rings (SSSR count). The molecule has 32 heavy (non-hydrogen) atoms. The van der Waals surface area contributed by atoms with Crippen molar-refractivity contribution in [1.82, 2.24) is 29.5 Å². The van der Waals surface area contributed by atoms with E-state index in [0.29, 0.717) is 13.2 Å². The molecule has 166 valence electrons. The van der Waals surface area contributed by atoms with Gasteiger partial charge in [-0.05, 0) is 45.4 Å². The maximum absolute atomic E-state index is 10.1. The molecular weight excluding hydrogens is 424 g/mol. The minimum absolute atomic E-state index is 0.215. The van der Waals surface area contributed by atoms with Gasteiger partial charge >= 0.3 is 0 Å². The second-order valence-corrected chi connectivity index (χ2v) is 10.0. The highest BCUT2D eigenvalue weighted by Crippen LogP contribution is 2.41. The maximum atomic E-state index is 10.1. The van der Waals surface area contributed by atoms with Crippen molar-refractivity contribution in [2.24, 2.45) is 0 Å². The fourth-order valence-corrected chi connectivity index (χ4v) is 4.92. The van der Waals surface area contributed by atoms with Gasteiger partial charge in [0.05, 0.1) is 30.6 Å². The zero-order valence-corrected chi connectivity index (χ0v) is 19.4. The first kappa shape index (κ1) is 20.8. The van der Waals surface area contributed by atoms with Gasteiger partial charge in [-0.2, -0.15) is 10.2 Å². The molecule has 1 aliphatic rings. The Morgan fingerprint density at radius 3 is 2.84 bits per heavy atom. The third-order valence-electron chi connectivity index (χ3n) is 5.29. The van der Waals surface area contributed by atoms with E-state index in [-0.39, 0.29) is 6.04 Å². The number of hydrogen-bond acceptors (Lipinski definition) is 7. The number of hydrogen-bond donors (Lipinski definition) is 1. The summed E-state index contributed by atoms with van der Waals surface area (Å²) in [5.41, 5.74) is 3.13. The van der Waals surface area contributed by atoms with Gasteiger partial charge in [-0.15, -0.1) is 11.3 Å². The standard InChI is InChI=1S/C23H26N6O2S/c1-14(2)29-21(24-13-26-29)22-27-20-17-6-5-15(9-18(17)31-8-7-19(20)32-22)16-10-25-28(11-16)12-23(3,4)30/h5-6,9-11,13-14,30H,7-8,12H2,1-4H3. The molecule has 8 nitrogen and oxygen atoms in total. The molecule has 0 saturated heterocycles. The SMILES string of the molecule is CC(C)n1ncnc1-c1nc2c(s1)CCOc1cc(-c3cnn(CC(C)(C)O)c3)ccc1-2. The van der Waals surface area contributed by atoms with Crippen LogP contribution in [0.2, 0.25) is 0 Å². The summed E-state index contributed by atoms with van der Waals surface area (Å²) in [4.78, 5) is 10.6. The van der Waals surface area contributed by atoms with E-state index in [9.17, 15) is 5.11 Å². The molecular formula is C23H26N6O2S. The summed E-state index contributed by atoms with van der Waals surface area (Å²) in [7, 11) is 0. The smallest absolute Gasteiger partial charge is 0.187 e. The van der Waals surface area contributed by atoms with E-state index in [4.69, 9.17) is 9.72 Å². The van der Waals surface area contributed by atoms with Gasteiger partial charge in [0.15, 0.2) is 10.8 Å². The third kappa shape index (κ3) is 3.93. The van der Waals surface area contributed by atoms with Crippen molar-refractivity contribution in [2.75, 3.05) is 6.61 Å². The van der Waals surface area contributed by atoms with Crippen LogP contribution in [0.4, 0.5) is 0 Å². The van der Waals surface area contributed by atoms with Gasteiger partial charge in [-0.1, -0.05) is 6.07 Å². The van der Waals surface area contributed by atoms with Crippen molar-refractivity contribution in [3.05, 3.63) is 41.8 Å². The van der Waals surface area contributed by atoms with E-state index < -0.39 is 5.60 Å². The Balaban J connectivity index is 1.50. The van der Waals surface area contributed by atoms with E-state index in [1.807, 2.05) is 23.1 Å². The number of fused-ring (bicyclic) bond motifs is 3. The molecule has 0 amide bonds. The van der Waals surface area contributed by atoms with Crippen LogP contribution < -0.4 is 4.74 Å². The van der Waals surface area contributed by atoms with Gasteiger partial charge < -0.3 is 9.84 Å². The molecule has 0 saturated carbocycles. The quantitative estimate of drug-likeness (QED) is 0.490. The summed E-state index contributed by atoms with van der Waals surface area (Å²) in [6.07, 6.45) is 6.15. The summed E-state index contributed by atoms with van der Waals surface area (Å²) in [5, 5.41) is 19.7. The molecule has 1 aromatic carbocycles. The lowest BCUT2D eigenvalue weighted by Gasteiger charge is -2.16. The molecule has 3 aromatic heterocycles. The highest BCUT2D eigenvalue weighted by molar-refractivity contribution is 7.15. The van der Waals surface area contributed by atoms with Gasteiger partial charge in [0, 0.05) is 34.7 Å². The second-order valence-electron chi connectivity index (χ2n) is 8.96. The van der Waals surface area contributed by atoms with Crippen LogP contribution in [0.5, 0.6) is 5.75 Å². The molecule has 0 fully saturated rings. The Morgan fingerprint density at radius 1 is 1.22 bits per heavy atom. The minimum atomic E-state index is -0.821. The molecule has 0 spiro atoms. The van der Waals surface area contributed by atoms with Crippen molar-refractivity contribution in [1.29, 1.82) is 0 Å². The largest absolute Gasteiger partial charge is 0.492 e. The van der Waals surface area contributed by atoms with Crippen LogP contribution in [0.3, 0.4) is 0 Å². The molecule has 9 heteroatoms. The molecule has 0 aliphatic carbocycles. The van der Waals surface area contributed by atoms with Crippen LogP contribution in [-0.4, -0.2) is 46.8 Å². The molecule has 0 atom stereocenters. The van der Waals surface area contributed by atoms with Crippen molar-refractivity contribution in [2.45, 2.75) is 52.3 Å². The normalized spacial score (nSPS) is 13.6. The number of ether oxygens (including phenoxy) is 1. The van der Waals surface area contributed by atoms with Crippen LogP contribution in [0.15, 0.2) is 36.9 Å². The van der Waals surface area contributed by atoms with E-state index in [1.54, 1.807) is 36.2 Å². The molecule has 4 aromatic rings. The highest BCUT2D eigenvalue weighted by Gasteiger charge is 2.24. The third-order valence-corrected chi connectivity index (χ3v) is 6.40. The summed E-state index contributed by atoms with van der Waals surface area (Å²) in [6.45, 7) is 8.75. The topological polar surface area (TPSA) is 90.9 Å². The second kappa shape index (κ2) is 7.83. The number of nitrogens with zero attached hydrogens (tertiary/aromatic N) is 6. The van der Waals surface area contributed by atoms with Crippen molar-refractivity contribution in [3.8, 4) is 39.0 Å². The maximum Gasteiger partial charge on any atom is 0.187 e. The fourth-order valence-electron chi connectivity index (χ4n) is 3.87. The minimum Gasteiger partial charge on any atom is -0.492 e. The van der Waals surface area contributed by atoms with Gasteiger partial charge in [0.25, 0.3) is 0 Å². The Labute approximate surface area is 190 Å². The summed E-state index contributed by atoms with van der Waals surface area (Å²) >= 11 is 1.66. The van der Waals surface area contributed by atoms with Gasteiger partial charge in [-0.3, -0.25) is 4.68 Å². The predicted molar refractivity (Wildman–Crippen MR) is 124 cm³/mol. The number of benzene rings is 1. The van der Waals surface area contributed by atoms with Crippen molar-refractivity contribution < 1.29 is 9.84 Å². The van der Waals surface area contributed by atoms with Gasteiger partial charge in [0.1, 0.15) is 12.1 Å². The number of thiazole rings is 1. The molecule has 1 aliphatic heterocycles. The average Bonchev–Trinajstić information content (AvgIpc) is 3.44. The fraction of sp³-hybridized carbons (Fsp3) is 0.391. The van der Waals surface area contributed by atoms with Crippen LogP contribution in [0.25, 0.3) is 33.2 Å². The Kier molecular flexibility index (Phi) is 5.10. The summed E-state index contributed by atoms with van der Waals surface area (Å²) < 4.78 is 9.77. The molecule has 0 unspecified atom stereocenters. The van der Waals surface area contributed by atoms with Crippen molar-refractivity contribution >= 4 is 11.3 Å². The van der Waals surface area contributed by atoms with E-state index in [1.165, 1.54) is 4.88 Å². The van der Waals surface area contributed by atoms with E-state index in [0.717, 1.165) is 45.4 Å². The molecule has 4 heterocycles. The monoisotopic (exact) mass is 450 g/mol. The first-order chi connectivity index (χ1) is 15.3. The van der Waals surface area contributed by atoms with E-state index in [2.05, 4.69) is 41.2 Å². The molecule has 0 bridgehead atoms. The Hall–Kier alpha value is -3.04. The molecule has 0 radical (unpaired) electrons. The lowest BCUT2D eigenvalue weighted by atomic mass is 10.0. The van der Waals surface area contributed by atoms with Crippen LogP contribution in [0, 0.1) is 0 Å². The molecule has 1 N–H and O–H groups in total. The summed E-state index contributed by atoms with van der Waals surface area (Å²) in [6, 6.07) is 6.40. The lowest BCUT2D eigenvalue weighted by molar-refractivity contribution is 0.0577. The Morgan fingerprint density at radius 2 is 2.06 bits per heavy atom. The lowest BCUT2D eigenvalue weighted by Crippen LogP contribution is -2.26. The van der Waals surface area contributed by atoms with Crippen molar-refractivity contribution in [3.63, 3.8) is 0 Å². The summed E-state index contributed by atoms with van der Waals surface area (Å²) in [5.74, 6) is 1.62.